The van der Waals surface area contributed by atoms with Crippen LogP contribution in [0.2, 0.25) is 0 Å². The van der Waals surface area contributed by atoms with Crippen LogP contribution in [0.5, 0.6) is 0 Å². The van der Waals surface area contributed by atoms with Gasteiger partial charge in [-0.2, -0.15) is 5.26 Å². The van der Waals surface area contributed by atoms with E-state index in [1.54, 1.807) is 0 Å². The highest BCUT2D eigenvalue weighted by Crippen LogP contribution is 2.24. The number of hydrogen-bond acceptors (Lipinski definition) is 2. The van der Waals surface area contributed by atoms with Crippen LogP contribution in [0, 0.1) is 18.3 Å². The number of aryl methyl sites for hydroxylation is 1. The Morgan fingerprint density at radius 2 is 2.25 bits per heavy atom. The van der Waals surface area contributed by atoms with Gasteiger partial charge in [0.05, 0.1) is 11.1 Å². The second kappa shape index (κ2) is 3.07. The Morgan fingerprint density at radius 1 is 1.38 bits per heavy atom. The van der Waals surface area contributed by atoms with Crippen molar-refractivity contribution >= 4 is 16.6 Å². The number of fused-ring (bicyclic) bond motifs is 3. The van der Waals surface area contributed by atoms with Crippen molar-refractivity contribution in [1.29, 1.82) is 5.26 Å². The molecule has 3 heterocycles. The number of aromatic nitrogens is 2. The molecule has 0 aromatic carbocycles. The largest absolute Gasteiger partial charge is 0.300 e. The number of nitrogens with zero attached hydrogens (tertiary/aromatic N) is 3. The van der Waals surface area contributed by atoms with Crippen LogP contribution in [0.4, 0.5) is 0 Å². The summed E-state index contributed by atoms with van der Waals surface area (Å²) in [5.74, 6) is 0. The van der Waals surface area contributed by atoms with Crippen molar-refractivity contribution < 1.29 is 0 Å². The van der Waals surface area contributed by atoms with Gasteiger partial charge in [0.25, 0.3) is 0 Å². The molecule has 0 N–H and O–H groups in total. The lowest BCUT2D eigenvalue weighted by molar-refractivity contribution is 1.18. The predicted octanol–water partition coefficient (Wildman–Crippen LogP) is 2.67. The quantitative estimate of drug-likeness (QED) is 0.568. The van der Waals surface area contributed by atoms with Crippen molar-refractivity contribution in [1.82, 2.24) is 9.38 Å². The lowest BCUT2D eigenvalue weighted by Crippen LogP contribution is -1.85. The highest BCUT2D eigenvalue weighted by atomic mass is 15.0. The molecule has 76 valence electrons. The summed E-state index contributed by atoms with van der Waals surface area (Å²) in [5.41, 5.74) is 3.53. The van der Waals surface area contributed by atoms with E-state index in [4.69, 9.17) is 0 Å². The van der Waals surface area contributed by atoms with Crippen LogP contribution in [0.25, 0.3) is 16.6 Å². The molecule has 0 radical (unpaired) electrons. The molecule has 0 spiro atoms. The normalized spacial score (nSPS) is 10.8. The third kappa shape index (κ3) is 1.04. The summed E-state index contributed by atoms with van der Waals surface area (Å²) in [6.45, 7) is 1.98. The van der Waals surface area contributed by atoms with Gasteiger partial charge in [0.15, 0.2) is 0 Å². The maximum Gasteiger partial charge on any atom is 0.145 e. The molecule has 0 unspecified atom stereocenters. The highest BCUT2D eigenvalue weighted by Gasteiger charge is 2.11. The van der Waals surface area contributed by atoms with Gasteiger partial charge in [-0.15, -0.1) is 0 Å². The van der Waals surface area contributed by atoms with Crippen LogP contribution < -0.4 is 0 Å². The molecule has 0 bridgehead atoms. The number of pyridine rings is 2. The predicted molar refractivity (Wildman–Crippen MR) is 62.2 cm³/mol. The van der Waals surface area contributed by atoms with E-state index >= 15 is 0 Å². The number of rotatable bonds is 0. The standard InChI is InChI=1S/C13H9N3/c1-9-6-10-11(7-14)12-4-2-3-5-16(12)13(10)15-8-9/h2-6,8H,1H3. The smallest absolute Gasteiger partial charge is 0.145 e. The molecule has 0 aliphatic carbocycles. The fourth-order valence-electron chi connectivity index (χ4n) is 2.02. The van der Waals surface area contributed by atoms with Crippen molar-refractivity contribution in [3.63, 3.8) is 0 Å². The molecule has 0 atom stereocenters. The Bertz CT molecular complexity index is 732. The first-order valence-electron chi connectivity index (χ1n) is 5.07. The lowest BCUT2D eigenvalue weighted by atomic mass is 10.2. The van der Waals surface area contributed by atoms with Crippen LogP contribution in [-0.2, 0) is 0 Å². The van der Waals surface area contributed by atoms with Gasteiger partial charge < -0.3 is 0 Å². The molecule has 0 aliphatic heterocycles. The van der Waals surface area contributed by atoms with Crippen molar-refractivity contribution in [2.75, 3.05) is 0 Å². The van der Waals surface area contributed by atoms with Crippen molar-refractivity contribution in [2.24, 2.45) is 0 Å². The van der Waals surface area contributed by atoms with Gasteiger partial charge >= 0.3 is 0 Å². The molecule has 0 saturated carbocycles. The van der Waals surface area contributed by atoms with Crippen LogP contribution in [0.15, 0.2) is 36.7 Å². The van der Waals surface area contributed by atoms with E-state index in [1.807, 2.05) is 48.0 Å². The van der Waals surface area contributed by atoms with E-state index < -0.39 is 0 Å². The number of hydrogen-bond donors (Lipinski definition) is 0. The Morgan fingerprint density at radius 3 is 3.06 bits per heavy atom. The van der Waals surface area contributed by atoms with Crippen LogP contribution >= 0.6 is 0 Å². The van der Waals surface area contributed by atoms with Crippen molar-refractivity contribution in [3.05, 3.63) is 47.8 Å². The Hall–Kier alpha value is -2.34. The third-order valence-electron chi connectivity index (χ3n) is 2.73. The monoisotopic (exact) mass is 207 g/mol. The molecular formula is C13H9N3. The summed E-state index contributed by atoms with van der Waals surface area (Å²) in [6, 6.07) is 10.1. The van der Waals surface area contributed by atoms with Crippen LogP contribution in [-0.4, -0.2) is 9.38 Å². The topological polar surface area (TPSA) is 41.1 Å². The van der Waals surface area contributed by atoms with E-state index in [-0.39, 0.29) is 0 Å². The molecule has 16 heavy (non-hydrogen) atoms. The van der Waals surface area contributed by atoms with E-state index in [1.165, 1.54) is 0 Å². The zero-order chi connectivity index (χ0) is 11.1. The van der Waals surface area contributed by atoms with Crippen molar-refractivity contribution in [2.45, 2.75) is 6.92 Å². The van der Waals surface area contributed by atoms with Gasteiger partial charge in [-0.1, -0.05) is 6.07 Å². The molecule has 0 fully saturated rings. The summed E-state index contributed by atoms with van der Waals surface area (Å²) in [4.78, 5) is 4.39. The average molecular weight is 207 g/mol. The SMILES string of the molecule is Cc1cnc2c(c1)c(C#N)c1ccccn12. The maximum absolute atomic E-state index is 9.22. The minimum atomic E-state index is 0.701. The van der Waals surface area contributed by atoms with Gasteiger partial charge in [0.2, 0.25) is 0 Å². The summed E-state index contributed by atoms with van der Waals surface area (Å²) in [7, 11) is 0. The molecule has 0 saturated heterocycles. The number of nitriles is 1. The minimum Gasteiger partial charge on any atom is -0.300 e. The molecule has 0 aliphatic rings. The lowest BCUT2D eigenvalue weighted by Gasteiger charge is -1.94. The van der Waals surface area contributed by atoms with E-state index in [9.17, 15) is 5.26 Å². The second-order valence-electron chi connectivity index (χ2n) is 3.83. The molecule has 3 aromatic heterocycles. The third-order valence-corrected chi connectivity index (χ3v) is 2.73. The molecular weight excluding hydrogens is 198 g/mol. The summed E-state index contributed by atoms with van der Waals surface area (Å²) in [6.07, 6.45) is 3.75. The summed E-state index contributed by atoms with van der Waals surface area (Å²) >= 11 is 0. The van der Waals surface area contributed by atoms with Crippen LogP contribution in [0.1, 0.15) is 11.1 Å². The van der Waals surface area contributed by atoms with Gasteiger partial charge in [0, 0.05) is 17.8 Å². The van der Waals surface area contributed by atoms with Crippen LogP contribution in [0.3, 0.4) is 0 Å². The van der Waals surface area contributed by atoms with Crippen molar-refractivity contribution in [3.8, 4) is 6.07 Å². The van der Waals surface area contributed by atoms with Gasteiger partial charge in [-0.25, -0.2) is 4.98 Å². The molecule has 3 rings (SSSR count). The average Bonchev–Trinajstić information content (AvgIpc) is 2.61. The second-order valence-corrected chi connectivity index (χ2v) is 3.83. The Kier molecular flexibility index (Phi) is 1.72. The fraction of sp³-hybridized carbons (Fsp3) is 0.0769. The zero-order valence-electron chi connectivity index (χ0n) is 8.81. The highest BCUT2D eigenvalue weighted by molar-refractivity contribution is 5.93. The first-order chi connectivity index (χ1) is 7.81. The first-order valence-corrected chi connectivity index (χ1v) is 5.07. The van der Waals surface area contributed by atoms with Gasteiger partial charge in [-0.05, 0) is 30.7 Å². The molecule has 3 aromatic rings. The van der Waals surface area contributed by atoms with E-state index in [0.717, 1.165) is 22.1 Å². The van der Waals surface area contributed by atoms with Gasteiger partial charge in [0.1, 0.15) is 11.7 Å². The fourth-order valence-corrected chi connectivity index (χ4v) is 2.02. The van der Waals surface area contributed by atoms with E-state index in [2.05, 4.69) is 11.1 Å². The molecule has 3 nitrogen and oxygen atoms in total. The van der Waals surface area contributed by atoms with Gasteiger partial charge in [-0.3, -0.25) is 4.40 Å². The minimum absolute atomic E-state index is 0.701. The maximum atomic E-state index is 9.22. The Labute approximate surface area is 92.6 Å². The van der Waals surface area contributed by atoms with E-state index in [0.29, 0.717) is 5.56 Å². The Balaban J connectivity index is 2.65. The first kappa shape index (κ1) is 8.93. The summed E-state index contributed by atoms with van der Waals surface area (Å²) in [5, 5.41) is 10.1. The molecule has 0 amide bonds. The zero-order valence-corrected chi connectivity index (χ0v) is 8.81. The summed E-state index contributed by atoms with van der Waals surface area (Å²) < 4.78 is 1.95. The molecule has 3 heteroatoms.